The average molecular weight is 178 g/mol. The minimum Gasteiger partial charge on any atom is -0.459 e. The Morgan fingerprint density at radius 3 is 2.85 bits per heavy atom. The van der Waals surface area contributed by atoms with E-state index >= 15 is 0 Å². The molecule has 0 aromatic heterocycles. The Kier molecular flexibility index (Phi) is 2.26. The van der Waals surface area contributed by atoms with Crippen molar-refractivity contribution in [1.29, 1.82) is 0 Å². The van der Waals surface area contributed by atoms with Crippen LogP contribution in [0.4, 0.5) is 0 Å². The number of fused-ring (bicyclic) bond motifs is 1. The van der Waals surface area contributed by atoms with Crippen molar-refractivity contribution >= 4 is 5.97 Å². The number of hydrogen-bond acceptors (Lipinski definition) is 2. The van der Waals surface area contributed by atoms with E-state index in [1.165, 1.54) is 32.8 Å². The van der Waals surface area contributed by atoms with E-state index in [9.17, 15) is 4.79 Å². The van der Waals surface area contributed by atoms with Gasteiger partial charge in [-0.2, -0.15) is 0 Å². The summed E-state index contributed by atoms with van der Waals surface area (Å²) in [5, 5.41) is 0. The van der Waals surface area contributed by atoms with Crippen molar-refractivity contribution in [2.24, 2.45) is 17.8 Å². The van der Waals surface area contributed by atoms with Crippen LogP contribution in [0.1, 0.15) is 25.7 Å². The topological polar surface area (TPSA) is 26.3 Å². The average Bonchev–Trinajstić information content (AvgIpc) is 2.91. The molecule has 2 saturated carbocycles. The third-order valence-electron chi connectivity index (χ3n) is 3.11. The molecule has 3 unspecified atom stereocenters. The van der Waals surface area contributed by atoms with E-state index in [1.807, 2.05) is 0 Å². The fraction of sp³-hybridized carbons (Fsp3) is 0.727. The Bertz CT molecular complexity index is 272. The Balaban J connectivity index is 1.85. The molecule has 2 nitrogen and oxygen atoms in total. The largest absolute Gasteiger partial charge is 0.459 e. The number of carbonyl (C=O) groups excluding carboxylic acids is 1. The first kappa shape index (κ1) is 8.62. The standard InChI is InChI=1S/C11H14O2/c1-13-11(12)5-3-8-2-4-9-7-10(9)6-8/h8-10H,2,4,6-7H2,1H3. The SMILES string of the molecule is COC(=O)C#CC1CCC2CC2C1. The summed E-state index contributed by atoms with van der Waals surface area (Å²) in [5.74, 6) is 7.50. The number of hydrogen-bond donors (Lipinski definition) is 0. The van der Waals surface area contributed by atoms with E-state index in [4.69, 9.17) is 0 Å². The summed E-state index contributed by atoms with van der Waals surface area (Å²) >= 11 is 0. The summed E-state index contributed by atoms with van der Waals surface area (Å²) in [7, 11) is 1.37. The third kappa shape index (κ3) is 2.03. The zero-order valence-corrected chi connectivity index (χ0v) is 7.88. The molecule has 70 valence electrons. The van der Waals surface area contributed by atoms with Crippen LogP contribution in [0, 0.1) is 29.6 Å². The van der Waals surface area contributed by atoms with Crippen molar-refractivity contribution in [2.75, 3.05) is 7.11 Å². The molecule has 0 aromatic rings. The summed E-state index contributed by atoms with van der Waals surface area (Å²) in [6.45, 7) is 0. The second kappa shape index (κ2) is 3.41. The van der Waals surface area contributed by atoms with Crippen molar-refractivity contribution in [3.8, 4) is 11.8 Å². The van der Waals surface area contributed by atoms with Crippen LogP contribution in [0.2, 0.25) is 0 Å². The smallest absolute Gasteiger partial charge is 0.384 e. The van der Waals surface area contributed by atoms with Gasteiger partial charge in [-0.05, 0) is 37.5 Å². The molecule has 0 radical (unpaired) electrons. The maximum absolute atomic E-state index is 10.8. The molecule has 2 aliphatic carbocycles. The minimum atomic E-state index is -0.405. The lowest BCUT2D eigenvalue weighted by Gasteiger charge is -2.14. The highest BCUT2D eigenvalue weighted by atomic mass is 16.5. The van der Waals surface area contributed by atoms with Crippen LogP contribution in [-0.4, -0.2) is 13.1 Å². The van der Waals surface area contributed by atoms with Crippen LogP contribution in [-0.2, 0) is 9.53 Å². The zero-order chi connectivity index (χ0) is 9.26. The Morgan fingerprint density at radius 1 is 1.31 bits per heavy atom. The molecule has 3 atom stereocenters. The van der Waals surface area contributed by atoms with E-state index < -0.39 is 5.97 Å². The van der Waals surface area contributed by atoms with E-state index in [0.717, 1.165) is 11.8 Å². The van der Waals surface area contributed by atoms with Crippen LogP contribution < -0.4 is 0 Å². The summed E-state index contributed by atoms with van der Waals surface area (Å²) < 4.78 is 4.47. The molecule has 0 aliphatic heterocycles. The molecule has 2 heteroatoms. The fourth-order valence-corrected chi connectivity index (χ4v) is 2.19. The Labute approximate surface area is 78.7 Å². The first-order valence-electron chi connectivity index (χ1n) is 4.89. The molecule has 2 rings (SSSR count). The molecule has 0 saturated heterocycles. The van der Waals surface area contributed by atoms with Gasteiger partial charge in [0.05, 0.1) is 7.11 Å². The molecule has 2 aliphatic rings. The lowest BCUT2D eigenvalue weighted by atomic mass is 9.90. The second-order valence-electron chi connectivity index (χ2n) is 4.03. The first-order chi connectivity index (χ1) is 6.29. The van der Waals surface area contributed by atoms with Gasteiger partial charge in [0.2, 0.25) is 0 Å². The van der Waals surface area contributed by atoms with Crippen LogP contribution >= 0.6 is 0 Å². The molecule has 0 N–H and O–H groups in total. The van der Waals surface area contributed by atoms with Crippen LogP contribution in [0.25, 0.3) is 0 Å². The van der Waals surface area contributed by atoms with Crippen LogP contribution in [0.15, 0.2) is 0 Å². The van der Waals surface area contributed by atoms with Gasteiger partial charge in [-0.1, -0.05) is 5.92 Å². The van der Waals surface area contributed by atoms with Gasteiger partial charge in [-0.25, -0.2) is 4.79 Å². The molecule has 0 aromatic carbocycles. The Morgan fingerprint density at radius 2 is 2.15 bits per heavy atom. The summed E-state index contributed by atoms with van der Waals surface area (Å²) in [4.78, 5) is 10.8. The first-order valence-corrected chi connectivity index (χ1v) is 4.89. The molecular weight excluding hydrogens is 164 g/mol. The van der Waals surface area contributed by atoms with Crippen molar-refractivity contribution in [1.82, 2.24) is 0 Å². The van der Waals surface area contributed by atoms with Crippen molar-refractivity contribution in [2.45, 2.75) is 25.7 Å². The predicted octanol–water partition coefficient (Wildman–Crippen LogP) is 1.60. The number of carbonyl (C=O) groups is 1. The summed E-state index contributed by atoms with van der Waals surface area (Å²) in [5.41, 5.74) is 0. The molecule has 0 spiro atoms. The Hall–Kier alpha value is -0.970. The van der Waals surface area contributed by atoms with Gasteiger partial charge in [-0.15, -0.1) is 0 Å². The molecule has 13 heavy (non-hydrogen) atoms. The van der Waals surface area contributed by atoms with Gasteiger partial charge in [0.15, 0.2) is 0 Å². The lowest BCUT2D eigenvalue weighted by molar-refractivity contribution is -0.133. The van der Waals surface area contributed by atoms with E-state index in [2.05, 4.69) is 16.6 Å². The predicted molar refractivity (Wildman–Crippen MR) is 48.7 cm³/mol. The number of ether oxygens (including phenoxy) is 1. The quantitative estimate of drug-likeness (QED) is 0.320. The normalized spacial score (nSPS) is 35.3. The number of methoxy groups -OCH3 is 1. The summed E-state index contributed by atoms with van der Waals surface area (Å²) in [6.07, 6.45) is 5.08. The minimum absolute atomic E-state index is 0.405. The zero-order valence-electron chi connectivity index (χ0n) is 7.88. The summed E-state index contributed by atoms with van der Waals surface area (Å²) in [6, 6.07) is 0. The van der Waals surface area contributed by atoms with Gasteiger partial charge in [0.25, 0.3) is 0 Å². The van der Waals surface area contributed by atoms with Crippen molar-refractivity contribution in [3.05, 3.63) is 0 Å². The third-order valence-corrected chi connectivity index (χ3v) is 3.11. The molecule has 2 fully saturated rings. The highest BCUT2D eigenvalue weighted by Gasteiger charge is 2.41. The van der Waals surface area contributed by atoms with E-state index in [1.54, 1.807) is 0 Å². The van der Waals surface area contributed by atoms with Gasteiger partial charge >= 0.3 is 5.97 Å². The van der Waals surface area contributed by atoms with Crippen molar-refractivity contribution < 1.29 is 9.53 Å². The fourth-order valence-electron chi connectivity index (χ4n) is 2.19. The van der Waals surface area contributed by atoms with Crippen LogP contribution in [0.5, 0.6) is 0 Å². The maximum Gasteiger partial charge on any atom is 0.384 e. The van der Waals surface area contributed by atoms with Gasteiger partial charge in [-0.3, -0.25) is 0 Å². The number of rotatable bonds is 0. The molecule has 0 amide bonds. The van der Waals surface area contributed by atoms with Gasteiger partial charge in [0.1, 0.15) is 0 Å². The van der Waals surface area contributed by atoms with Crippen molar-refractivity contribution in [3.63, 3.8) is 0 Å². The maximum atomic E-state index is 10.8. The molecule has 0 heterocycles. The second-order valence-corrected chi connectivity index (χ2v) is 4.03. The monoisotopic (exact) mass is 178 g/mol. The number of esters is 1. The van der Waals surface area contributed by atoms with E-state index in [-0.39, 0.29) is 0 Å². The lowest BCUT2D eigenvalue weighted by Crippen LogP contribution is -2.07. The molecule has 0 bridgehead atoms. The van der Waals surface area contributed by atoms with Gasteiger partial charge < -0.3 is 4.74 Å². The molecular formula is C11H14O2. The highest BCUT2D eigenvalue weighted by Crippen LogP contribution is 2.51. The van der Waals surface area contributed by atoms with Gasteiger partial charge in [0, 0.05) is 11.8 Å². The highest BCUT2D eigenvalue weighted by molar-refractivity contribution is 5.88. The van der Waals surface area contributed by atoms with E-state index in [0.29, 0.717) is 5.92 Å². The van der Waals surface area contributed by atoms with Crippen LogP contribution in [0.3, 0.4) is 0 Å².